The molecule has 0 aliphatic rings. The maximum atomic E-state index is 11.1. The number of benzene rings is 1. The summed E-state index contributed by atoms with van der Waals surface area (Å²) in [6.07, 6.45) is 1.48. The molecule has 1 amide bonds. The van der Waals surface area contributed by atoms with Crippen LogP contribution in [0.2, 0.25) is 0 Å². The third-order valence-electron chi connectivity index (χ3n) is 1.53. The maximum absolute atomic E-state index is 11.1. The average Bonchev–Trinajstić information content (AvgIpc) is 2.22. The lowest BCUT2D eigenvalue weighted by atomic mass is 10.3. The summed E-state index contributed by atoms with van der Waals surface area (Å²) in [6, 6.07) is 9.50. The third kappa shape index (κ3) is 5.36. The van der Waals surface area contributed by atoms with E-state index >= 15 is 0 Å². The van der Waals surface area contributed by atoms with Gasteiger partial charge in [-0.2, -0.15) is 0 Å². The molecule has 1 aromatic carbocycles. The number of carbonyl (C=O) groups is 1. The van der Waals surface area contributed by atoms with Gasteiger partial charge in [-0.15, -0.1) is 0 Å². The highest BCUT2D eigenvalue weighted by Gasteiger charge is 1.97. The molecule has 0 heterocycles. The first kappa shape index (κ1) is 12.7. The fourth-order valence-corrected chi connectivity index (χ4v) is 0.972. The molecule has 0 aliphatic carbocycles. The second kappa shape index (κ2) is 8.30. The Labute approximate surface area is 86.3 Å². The van der Waals surface area contributed by atoms with Gasteiger partial charge in [0.05, 0.1) is 0 Å². The standard InChI is InChI=1S/C10H13NO.C2H6/c1-2-6-10(12)11-9-7-4-3-5-8-9;1-2/h3-5,7-8H,2,6H2,1H3,(H,11,12);1-2H3. The van der Waals surface area contributed by atoms with E-state index in [2.05, 4.69) is 5.32 Å². The van der Waals surface area contributed by atoms with Gasteiger partial charge < -0.3 is 5.32 Å². The van der Waals surface area contributed by atoms with Gasteiger partial charge in [0.1, 0.15) is 0 Å². The molecule has 0 unspecified atom stereocenters. The minimum Gasteiger partial charge on any atom is -0.326 e. The Balaban J connectivity index is 0.000000791. The molecule has 1 rings (SSSR count). The molecule has 2 heteroatoms. The highest BCUT2D eigenvalue weighted by molar-refractivity contribution is 5.90. The molecule has 0 saturated heterocycles. The van der Waals surface area contributed by atoms with Crippen molar-refractivity contribution in [3.05, 3.63) is 30.3 Å². The summed E-state index contributed by atoms with van der Waals surface area (Å²) < 4.78 is 0. The fraction of sp³-hybridized carbons (Fsp3) is 0.417. The highest BCUT2D eigenvalue weighted by atomic mass is 16.1. The lowest BCUT2D eigenvalue weighted by Gasteiger charge is -2.02. The summed E-state index contributed by atoms with van der Waals surface area (Å²) in [5.41, 5.74) is 0.871. The third-order valence-corrected chi connectivity index (χ3v) is 1.53. The minimum absolute atomic E-state index is 0.0868. The van der Waals surface area contributed by atoms with E-state index in [1.807, 2.05) is 51.1 Å². The van der Waals surface area contributed by atoms with Crippen molar-refractivity contribution in [2.24, 2.45) is 0 Å². The van der Waals surface area contributed by atoms with Crippen molar-refractivity contribution in [2.45, 2.75) is 33.6 Å². The fourth-order valence-electron chi connectivity index (χ4n) is 0.972. The SMILES string of the molecule is CC.CCCC(=O)Nc1ccccc1. The van der Waals surface area contributed by atoms with Crippen molar-refractivity contribution in [2.75, 3.05) is 5.32 Å². The summed E-state index contributed by atoms with van der Waals surface area (Å²) >= 11 is 0. The number of hydrogen-bond acceptors (Lipinski definition) is 1. The number of amides is 1. The molecular weight excluding hydrogens is 174 g/mol. The molecule has 0 spiro atoms. The lowest BCUT2D eigenvalue weighted by molar-refractivity contribution is -0.116. The van der Waals surface area contributed by atoms with Gasteiger partial charge in [0, 0.05) is 12.1 Å². The zero-order valence-electron chi connectivity index (χ0n) is 9.21. The van der Waals surface area contributed by atoms with Gasteiger partial charge in [0.25, 0.3) is 0 Å². The first-order chi connectivity index (χ1) is 6.83. The predicted octanol–water partition coefficient (Wildman–Crippen LogP) is 3.45. The normalized spacial score (nSPS) is 8.50. The van der Waals surface area contributed by atoms with Crippen molar-refractivity contribution in [1.29, 1.82) is 0 Å². The highest BCUT2D eigenvalue weighted by Crippen LogP contribution is 2.05. The van der Waals surface area contributed by atoms with Gasteiger partial charge in [-0.3, -0.25) is 4.79 Å². The summed E-state index contributed by atoms with van der Waals surface area (Å²) in [6.45, 7) is 5.99. The van der Waals surface area contributed by atoms with Crippen molar-refractivity contribution in [1.82, 2.24) is 0 Å². The van der Waals surface area contributed by atoms with Crippen LogP contribution in [0.1, 0.15) is 33.6 Å². The summed E-state index contributed by atoms with van der Waals surface area (Å²) in [4.78, 5) is 11.1. The van der Waals surface area contributed by atoms with E-state index in [0.29, 0.717) is 6.42 Å². The van der Waals surface area contributed by atoms with Crippen molar-refractivity contribution in [3.63, 3.8) is 0 Å². The van der Waals surface area contributed by atoms with Gasteiger partial charge in [-0.25, -0.2) is 0 Å². The van der Waals surface area contributed by atoms with Crippen molar-refractivity contribution < 1.29 is 4.79 Å². The van der Waals surface area contributed by atoms with Crippen LogP contribution in [0.4, 0.5) is 5.69 Å². The molecule has 0 aliphatic heterocycles. The zero-order valence-corrected chi connectivity index (χ0v) is 9.21. The number of rotatable bonds is 3. The molecule has 0 aromatic heterocycles. The van der Waals surface area contributed by atoms with Gasteiger partial charge in [-0.1, -0.05) is 39.0 Å². The van der Waals surface area contributed by atoms with Gasteiger partial charge in [0.15, 0.2) is 0 Å². The smallest absolute Gasteiger partial charge is 0.224 e. The van der Waals surface area contributed by atoms with Crippen LogP contribution in [0, 0.1) is 0 Å². The second-order valence-electron chi connectivity index (χ2n) is 2.66. The van der Waals surface area contributed by atoms with Gasteiger partial charge >= 0.3 is 0 Å². The molecule has 0 radical (unpaired) electrons. The molecule has 1 aromatic rings. The Kier molecular flexibility index (Phi) is 7.52. The zero-order chi connectivity index (χ0) is 10.8. The minimum atomic E-state index is 0.0868. The molecule has 14 heavy (non-hydrogen) atoms. The van der Waals surface area contributed by atoms with E-state index in [9.17, 15) is 4.79 Å². The number of hydrogen-bond donors (Lipinski definition) is 1. The van der Waals surface area contributed by atoms with E-state index in [1.165, 1.54) is 0 Å². The van der Waals surface area contributed by atoms with Crippen LogP contribution in [0.5, 0.6) is 0 Å². The van der Waals surface area contributed by atoms with Crippen LogP contribution in [0.3, 0.4) is 0 Å². The number of para-hydroxylation sites is 1. The lowest BCUT2D eigenvalue weighted by Crippen LogP contribution is -2.10. The second-order valence-corrected chi connectivity index (χ2v) is 2.66. The first-order valence-corrected chi connectivity index (χ1v) is 5.18. The molecule has 0 atom stereocenters. The van der Waals surface area contributed by atoms with Crippen LogP contribution < -0.4 is 5.32 Å². The first-order valence-electron chi connectivity index (χ1n) is 5.18. The van der Waals surface area contributed by atoms with E-state index in [1.54, 1.807) is 0 Å². The summed E-state index contributed by atoms with van der Waals surface area (Å²) in [5, 5.41) is 2.80. The number of carbonyl (C=O) groups excluding carboxylic acids is 1. The van der Waals surface area contributed by atoms with Crippen LogP contribution in [0.25, 0.3) is 0 Å². The van der Waals surface area contributed by atoms with E-state index < -0.39 is 0 Å². The van der Waals surface area contributed by atoms with Crippen LogP contribution >= 0.6 is 0 Å². The molecule has 0 fully saturated rings. The largest absolute Gasteiger partial charge is 0.326 e. The summed E-state index contributed by atoms with van der Waals surface area (Å²) in [7, 11) is 0. The van der Waals surface area contributed by atoms with Crippen molar-refractivity contribution >= 4 is 11.6 Å². The molecule has 0 saturated carbocycles. The molecule has 1 N–H and O–H groups in total. The Morgan fingerprint density at radius 1 is 1.21 bits per heavy atom. The van der Waals surface area contributed by atoms with Gasteiger partial charge in [0.2, 0.25) is 5.91 Å². The summed E-state index contributed by atoms with van der Waals surface area (Å²) in [5.74, 6) is 0.0868. The number of nitrogens with one attached hydrogen (secondary N) is 1. The van der Waals surface area contributed by atoms with E-state index in [0.717, 1.165) is 12.1 Å². The van der Waals surface area contributed by atoms with Crippen LogP contribution in [0.15, 0.2) is 30.3 Å². The average molecular weight is 193 g/mol. The molecule has 78 valence electrons. The van der Waals surface area contributed by atoms with Crippen LogP contribution in [-0.4, -0.2) is 5.91 Å². The van der Waals surface area contributed by atoms with Gasteiger partial charge in [-0.05, 0) is 18.6 Å². The maximum Gasteiger partial charge on any atom is 0.224 e. The molecule has 2 nitrogen and oxygen atoms in total. The molecular formula is C12H19NO. The predicted molar refractivity (Wildman–Crippen MR) is 61.3 cm³/mol. The monoisotopic (exact) mass is 193 g/mol. The van der Waals surface area contributed by atoms with Crippen LogP contribution in [-0.2, 0) is 4.79 Å². The van der Waals surface area contributed by atoms with E-state index in [-0.39, 0.29) is 5.91 Å². The quantitative estimate of drug-likeness (QED) is 0.782. The van der Waals surface area contributed by atoms with E-state index in [4.69, 9.17) is 0 Å². The Morgan fingerprint density at radius 2 is 1.79 bits per heavy atom. The molecule has 0 bridgehead atoms. The Bertz CT molecular complexity index is 244. The topological polar surface area (TPSA) is 29.1 Å². The Morgan fingerprint density at radius 3 is 2.29 bits per heavy atom. The number of anilines is 1. The Hall–Kier alpha value is -1.31. The van der Waals surface area contributed by atoms with Crippen molar-refractivity contribution in [3.8, 4) is 0 Å².